The maximum absolute atomic E-state index is 11.7. The van der Waals surface area contributed by atoms with E-state index in [4.69, 9.17) is 5.11 Å². The van der Waals surface area contributed by atoms with Crippen LogP contribution in [0, 0.1) is 0 Å². The summed E-state index contributed by atoms with van der Waals surface area (Å²) in [4.78, 5) is 19.2. The molecule has 0 atom stereocenters. The normalized spacial score (nSPS) is 10.4. The highest BCUT2D eigenvalue weighted by molar-refractivity contribution is 7.14. The van der Waals surface area contributed by atoms with E-state index in [0.717, 1.165) is 11.3 Å². The first kappa shape index (κ1) is 14.0. The fourth-order valence-corrected chi connectivity index (χ4v) is 2.63. The van der Waals surface area contributed by atoms with Gasteiger partial charge in [0.05, 0.1) is 11.3 Å². The van der Waals surface area contributed by atoms with Crippen LogP contribution >= 0.6 is 11.3 Å². The van der Waals surface area contributed by atoms with Crippen LogP contribution in [0.1, 0.15) is 10.4 Å². The first-order valence-corrected chi connectivity index (χ1v) is 7.19. The molecule has 22 heavy (non-hydrogen) atoms. The molecule has 0 saturated heterocycles. The Balaban J connectivity index is 1.81. The molecule has 0 unspecified atom stereocenters. The smallest absolute Gasteiger partial charge is 0.335 e. The maximum atomic E-state index is 11.7. The van der Waals surface area contributed by atoms with Crippen molar-refractivity contribution in [2.45, 2.75) is 0 Å². The van der Waals surface area contributed by atoms with Crippen molar-refractivity contribution in [2.24, 2.45) is 0 Å². The molecule has 1 aromatic carbocycles. The minimum Gasteiger partial charge on any atom is -0.872 e. The molecule has 110 valence electrons. The van der Waals surface area contributed by atoms with Gasteiger partial charge in [0.25, 0.3) is 0 Å². The third kappa shape index (κ3) is 2.89. The molecular weight excluding hydrogens is 302 g/mol. The molecule has 7 heteroatoms. The van der Waals surface area contributed by atoms with Gasteiger partial charge in [0.1, 0.15) is 0 Å². The third-order valence-corrected chi connectivity index (χ3v) is 3.70. The van der Waals surface area contributed by atoms with Crippen molar-refractivity contribution in [1.82, 2.24) is 9.97 Å². The maximum Gasteiger partial charge on any atom is 0.335 e. The second-order valence-electron chi connectivity index (χ2n) is 4.41. The number of nitrogens with zero attached hydrogens (tertiary/aromatic N) is 2. The summed E-state index contributed by atoms with van der Waals surface area (Å²) in [6.07, 6.45) is 3.38. The first-order valence-electron chi connectivity index (χ1n) is 6.31. The quantitative estimate of drug-likeness (QED) is 0.768. The predicted molar refractivity (Wildman–Crippen MR) is 81.5 cm³/mol. The molecule has 3 rings (SSSR count). The van der Waals surface area contributed by atoms with Crippen LogP contribution < -0.4 is 10.4 Å². The van der Waals surface area contributed by atoms with Crippen LogP contribution in [-0.2, 0) is 0 Å². The number of thiazole rings is 1. The second-order valence-corrected chi connectivity index (χ2v) is 5.27. The van der Waals surface area contributed by atoms with E-state index in [1.807, 2.05) is 17.5 Å². The van der Waals surface area contributed by atoms with Gasteiger partial charge in [-0.15, -0.1) is 11.3 Å². The predicted octanol–water partition coefficient (Wildman–Crippen LogP) is 2.72. The summed E-state index contributed by atoms with van der Waals surface area (Å²) in [7, 11) is 0. The topological polar surface area (TPSA) is 98.2 Å². The van der Waals surface area contributed by atoms with Crippen molar-refractivity contribution < 1.29 is 15.0 Å². The molecule has 0 aliphatic rings. The lowest BCUT2D eigenvalue weighted by Crippen LogP contribution is -2.04. The number of carbonyl (C=O) groups is 1. The van der Waals surface area contributed by atoms with Crippen LogP contribution in [0.2, 0.25) is 0 Å². The molecule has 2 N–H and O–H groups in total. The lowest BCUT2D eigenvalue weighted by molar-refractivity contribution is -0.268. The number of hydrogen-bond acceptors (Lipinski definition) is 6. The Labute approximate surface area is 129 Å². The number of nitrogens with one attached hydrogen (secondary N) is 1. The standard InChI is InChI=1S/C15H11N3O3S/c19-13-7-10(1-2-11(13)14(20)21)17-15-18-12(8-22-15)9-3-5-16-6-4-9/h1-8,19H,(H,17,18)(H,20,21)/p-1. The van der Waals surface area contributed by atoms with Crippen LogP contribution in [0.3, 0.4) is 0 Å². The van der Waals surface area contributed by atoms with Crippen molar-refractivity contribution in [3.8, 4) is 17.0 Å². The number of carboxylic acid groups (broad SMARTS) is 1. The van der Waals surface area contributed by atoms with Gasteiger partial charge in [-0.25, -0.2) is 9.78 Å². The fraction of sp³-hybridized carbons (Fsp3) is 0. The Hall–Kier alpha value is -2.93. The van der Waals surface area contributed by atoms with Crippen LogP contribution in [-0.4, -0.2) is 21.0 Å². The van der Waals surface area contributed by atoms with Gasteiger partial charge >= 0.3 is 5.97 Å². The Kier molecular flexibility index (Phi) is 3.71. The van der Waals surface area contributed by atoms with E-state index in [2.05, 4.69) is 15.3 Å². The summed E-state index contributed by atoms with van der Waals surface area (Å²) in [5.74, 6) is -1.77. The number of benzene rings is 1. The highest BCUT2D eigenvalue weighted by Crippen LogP contribution is 2.28. The van der Waals surface area contributed by atoms with E-state index in [1.165, 1.54) is 23.5 Å². The largest absolute Gasteiger partial charge is 0.872 e. The number of aromatic carboxylic acids is 1. The fourth-order valence-electron chi connectivity index (χ4n) is 1.89. The van der Waals surface area contributed by atoms with Gasteiger partial charge in [-0.05, 0) is 30.3 Å². The van der Waals surface area contributed by atoms with Crippen molar-refractivity contribution in [3.05, 3.63) is 53.7 Å². The molecule has 6 nitrogen and oxygen atoms in total. The molecule has 0 amide bonds. The van der Waals surface area contributed by atoms with Crippen LogP contribution in [0.5, 0.6) is 5.75 Å². The summed E-state index contributed by atoms with van der Waals surface area (Å²) in [6, 6.07) is 7.78. The van der Waals surface area contributed by atoms with E-state index >= 15 is 0 Å². The molecule has 3 aromatic rings. The Morgan fingerprint density at radius 3 is 2.68 bits per heavy atom. The van der Waals surface area contributed by atoms with Gasteiger partial charge in [0, 0.05) is 29.0 Å². The Bertz CT molecular complexity index is 818. The van der Waals surface area contributed by atoms with E-state index in [1.54, 1.807) is 18.5 Å². The summed E-state index contributed by atoms with van der Waals surface area (Å²) in [5.41, 5.74) is 2.01. The van der Waals surface area contributed by atoms with Gasteiger partial charge in [-0.2, -0.15) is 0 Å². The van der Waals surface area contributed by atoms with E-state index in [0.29, 0.717) is 10.8 Å². The monoisotopic (exact) mass is 312 g/mol. The molecule has 2 heterocycles. The molecule has 0 aliphatic carbocycles. The summed E-state index contributed by atoms with van der Waals surface area (Å²) in [6.45, 7) is 0. The molecular formula is C15H10N3O3S-. The molecule has 0 bridgehead atoms. The Morgan fingerprint density at radius 1 is 1.23 bits per heavy atom. The molecule has 0 saturated carbocycles. The first-order chi connectivity index (χ1) is 10.6. The van der Waals surface area contributed by atoms with Crippen molar-refractivity contribution in [2.75, 3.05) is 5.32 Å². The van der Waals surface area contributed by atoms with Gasteiger partial charge in [-0.1, -0.05) is 5.75 Å². The highest BCUT2D eigenvalue weighted by Gasteiger charge is 2.07. The molecule has 0 spiro atoms. The van der Waals surface area contributed by atoms with Crippen molar-refractivity contribution >= 4 is 28.1 Å². The molecule has 0 aliphatic heterocycles. The second kappa shape index (κ2) is 5.82. The third-order valence-electron chi connectivity index (χ3n) is 2.94. The average Bonchev–Trinajstić information content (AvgIpc) is 2.96. The SMILES string of the molecule is O=C(O)c1ccc(Nc2nc(-c3ccncc3)cs2)cc1[O-]. The number of anilines is 2. The van der Waals surface area contributed by atoms with Gasteiger partial charge in [0.2, 0.25) is 0 Å². The Morgan fingerprint density at radius 2 is 2.00 bits per heavy atom. The zero-order valence-electron chi connectivity index (χ0n) is 11.2. The number of aromatic nitrogens is 2. The van der Waals surface area contributed by atoms with Crippen LogP contribution in [0.15, 0.2) is 48.1 Å². The highest BCUT2D eigenvalue weighted by atomic mass is 32.1. The average molecular weight is 312 g/mol. The minimum absolute atomic E-state index is 0.248. The van der Waals surface area contributed by atoms with E-state index in [-0.39, 0.29) is 5.56 Å². The zero-order chi connectivity index (χ0) is 15.5. The summed E-state index contributed by atoms with van der Waals surface area (Å²) in [5, 5.41) is 26.0. The zero-order valence-corrected chi connectivity index (χ0v) is 12.0. The van der Waals surface area contributed by atoms with E-state index in [9.17, 15) is 9.90 Å². The van der Waals surface area contributed by atoms with Crippen LogP contribution in [0.25, 0.3) is 11.3 Å². The van der Waals surface area contributed by atoms with Gasteiger partial charge in [0.15, 0.2) is 5.13 Å². The lowest BCUT2D eigenvalue weighted by atomic mass is 10.2. The number of rotatable bonds is 4. The lowest BCUT2D eigenvalue weighted by Gasteiger charge is -2.12. The van der Waals surface area contributed by atoms with Gasteiger partial charge in [-0.3, -0.25) is 4.98 Å². The number of carboxylic acids is 1. The number of hydrogen-bond donors (Lipinski definition) is 2. The van der Waals surface area contributed by atoms with Crippen molar-refractivity contribution in [3.63, 3.8) is 0 Å². The molecule has 0 fully saturated rings. The summed E-state index contributed by atoms with van der Waals surface area (Å²) < 4.78 is 0. The minimum atomic E-state index is -1.23. The molecule has 0 radical (unpaired) electrons. The molecule has 2 aromatic heterocycles. The van der Waals surface area contributed by atoms with Crippen molar-refractivity contribution in [1.29, 1.82) is 0 Å². The van der Waals surface area contributed by atoms with E-state index < -0.39 is 11.7 Å². The van der Waals surface area contributed by atoms with Gasteiger partial charge < -0.3 is 15.5 Å². The summed E-state index contributed by atoms with van der Waals surface area (Å²) >= 11 is 1.39. The number of pyridine rings is 1. The van der Waals surface area contributed by atoms with Crippen LogP contribution in [0.4, 0.5) is 10.8 Å².